The second-order valence-electron chi connectivity index (χ2n) is 2.65. The molecule has 0 aromatic rings. The van der Waals surface area contributed by atoms with Gasteiger partial charge in [0.05, 0.1) is 12.6 Å². The molecule has 0 aliphatic carbocycles. The van der Waals surface area contributed by atoms with Gasteiger partial charge in [0, 0.05) is 12.5 Å². The molecule has 0 aromatic carbocycles. The van der Waals surface area contributed by atoms with Crippen molar-refractivity contribution in [2.45, 2.75) is 24.9 Å². The average molecular weight is 144 g/mol. The summed E-state index contributed by atoms with van der Waals surface area (Å²) in [6, 6.07) is -0.206. The lowest BCUT2D eigenvalue weighted by Gasteiger charge is -2.25. The zero-order valence-corrected chi connectivity index (χ0v) is 5.71. The van der Waals surface area contributed by atoms with E-state index in [0.717, 1.165) is 0 Å². The molecule has 1 saturated heterocycles. The summed E-state index contributed by atoms with van der Waals surface area (Å²) >= 11 is 0. The third kappa shape index (κ3) is 1.68. The van der Waals surface area contributed by atoms with Crippen molar-refractivity contribution in [1.29, 1.82) is 0 Å². The van der Waals surface area contributed by atoms with Crippen LogP contribution in [0.25, 0.3) is 0 Å². The number of aliphatic hydroxyl groups excluding tert-OH is 1. The maximum Gasteiger partial charge on any atom is 0.221 e. The number of hydrogen-bond acceptors (Lipinski definition) is 3. The molecule has 1 rings (SSSR count). The van der Waals surface area contributed by atoms with Crippen LogP contribution in [0, 0.1) is 0 Å². The summed E-state index contributed by atoms with van der Waals surface area (Å²) < 4.78 is 0. The molecule has 1 amide bonds. The number of carbonyl (C=O) groups is 1. The quantitative estimate of drug-likeness (QED) is 0.423. The van der Waals surface area contributed by atoms with Crippen molar-refractivity contribution in [2.75, 3.05) is 6.61 Å². The molecule has 2 unspecified atom stereocenters. The van der Waals surface area contributed by atoms with E-state index in [1.54, 1.807) is 0 Å². The fraction of sp³-hybridized carbons (Fsp3) is 0.833. The standard InChI is InChI=1S/C6H12N2O2/c7-4-1-5(3-9)8-6(10)2-4/h4-5,9H,1-3,7H2,(H,8,10). The highest BCUT2D eigenvalue weighted by atomic mass is 16.3. The number of aliphatic hydroxyl groups is 1. The molecule has 1 aliphatic rings. The van der Waals surface area contributed by atoms with Gasteiger partial charge in [-0.25, -0.2) is 0 Å². The number of nitrogens with two attached hydrogens (primary N) is 1. The topological polar surface area (TPSA) is 75.4 Å². The predicted octanol–water partition coefficient (Wildman–Crippen LogP) is -1.42. The summed E-state index contributed by atoms with van der Waals surface area (Å²) in [6.07, 6.45) is 1.07. The molecule has 0 aromatic heterocycles. The smallest absolute Gasteiger partial charge is 0.221 e. The van der Waals surface area contributed by atoms with E-state index in [4.69, 9.17) is 10.8 Å². The normalized spacial score (nSPS) is 33.6. The minimum absolute atomic E-state index is 0.0144. The van der Waals surface area contributed by atoms with E-state index in [1.807, 2.05) is 0 Å². The Kier molecular flexibility index (Phi) is 2.24. The van der Waals surface area contributed by atoms with E-state index >= 15 is 0 Å². The van der Waals surface area contributed by atoms with Crippen LogP contribution in [-0.2, 0) is 4.79 Å². The highest BCUT2D eigenvalue weighted by Gasteiger charge is 2.22. The minimum atomic E-state index is -0.128. The van der Waals surface area contributed by atoms with Crippen LogP contribution < -0.4 is 11.1 Å². The fourth-order valence-corrected chi connectivity index (χ4v) is 1.15. The van der Waals surface area contributed by atoms with Gasteiger partial charge in [0.25, 0.3) is 0 Å². The van der Waals surface area contributed by atoms with Crippen LogP contribution in [0.1, 0.15) is 12.8 Å². The van der Waals surface area contributed by atoms with E-state index < -0.39 is 0 Å². The number of hydrogen-bond donors (Lipinski definition) is 3. The number of amides is 1. The number of carbonyl (C=O) groups excluding carboxylic acids is 1. The minimum Gasteiger partial charge on any atom is -0.394 e. The second kappa shape index (κ2) is 2.98. The van der Waals surface area contributed by atoms with Crippen molar-refractivity contribution >= 4 is 5.91 Å². The molecular weight excluding hydrogens is 132 g/mol. The SMILES string of the molecule is NC1CC(=O)NC(CO)C1. The third-order valence-corrected chi connectivity index (χ3v) is 1.62. The lowest BCUT2D eigenvalue weighted by atomic mass is 10.0. The van der Waals surface area contributed by atoms with E-state index in [2.05, 4.69) is 5.32 Å². The molecule has 0 saturated carbocycles. The maximum atomic E-state index is 10.7. The van der Waals surface area contributed by atoms with E-state index in [1.165, 1.54) is 0 Å². The van der Waals surface area contributed by atoms with Crippen LogP contribution in [0.3, 0.4) is 0 Å². The molecule has 0 spiro atoms. The summed E-state index contributed by atoms with van der Waals surface area (Å²) in [4.78, 5) is 10.7. The van der Waals surface area contributed by atoms with Crippen molar-refractivity contribution in [1.82, 2.24) is 5.32 Å². The van der Waals surface area contributed by atoms with E-state index in [-0.39, 0.29) is 24.6 Å². The van der Waals surface area contributed by atoms with Crippen molar-refractivity contribution in [3.05, 3.63) is 0 Å². The summed E-state index contributed by atoms with van der Waals surface area (Å²) in [5.41, 5.74) is 5.52. The van der Waals surface area contributed by atoms with Crippen LogP contribution in [0.2, 0.25) is 0 Å². The first-order chi connectivity index (χ1) is 4.72. The second-order valence-corrected chi connectivity index (χ2v) is 2.65. The molecule has 4 heteroatoms. The lowest BCUT2D eigenvalue weighted by Crippen LogP contribution is -2.48. The van der Waals surface area contributed by atoms with Crippen LogP contribution in [0.15, 0.2) is 0 Å². The fourth-order valence-electron chi connectivity index (χ4n) is 1.15. The summed E-state index contributed by atoms with van der Waals surface area (Å²) in [6.45, 7) is -0.0144. The highest BCUT2D eigenvalue weighted by Crippen LogP contribution is 2.05. The Morgan fingerprint density at radius 2 is 2.50 bits per heavy atom. The highest BCUT2D eigenvalue weighted by molar-refractivity contribution is 5.77. The van der Waals surface area contributed by atoms with Gasteiger partial charge in [-0.15, -0.1) is 0 Å². The lowest BCUT2D eigenvalue weighted by molar-refractivity contribution is -0.124. The van der Waals surface area contributed by atoms with Gasteiger partial charge in [0.1, 0.15) is 0 Å². The Bertz CT molecular complexity index is 138. The van der Waals surface area contributed by atoms with Crippen molar-refractivity contribution in [3.8, 4) is 0 Å². The van der Waals surface area contributed by atoms with Gasteiger partial charge < -0.3 is 16.2 Å². The van der Waals surface area contributed by atoms with Gasteiger partial charge in [0.15, 0.2) is 0 Å². The predicted molar refractivity (Wildman–Crippen MR) is 36.2 cm³/mol. The maximum absolute atomic E-state index is 10.7. The van der Waals surface area contributed by atoms with Gasteiger partial charge in [-0.05, 0) is 6.42 Å². The third-order valence-electron chi connectivity index (χ3n) is 1.62. The van der Waals surface area contributed by atoms with Gasteiger partial charge in [0.2, 0.25) is 5.91 Å². The first-order valence-electron chi connectivity index (χ1n) is 3.38. The summed E-state index contributed by atoms with van der Waals surface area (Å²) in [5, 5.41) is 11.3. The molecule has 1 aliphatic heterocycles. The summed E-state index contributed by atoms with van der Waals surface area (Å²) in [5.74, 6) is -0.0576. The Morgan fingerprint density at radius 3 is 3.00 bits per heavy atom. The molecule has 1 heterocycles. The van der Waals surface area contributed by atoms with Crippen LogP contribution >= 0.6 is 0 Å². The van der Waals surface area contributed by atoms with Crippen LogP contribution in [0.4, 0.5) is 0 Å². The summed E-state index contributed by atoms with van der Waals surface area (Å²) in [7, 11) is 0. The molecule has 0 radical (unpaired) electrons. The number of piperidine rings is 1. The molecule has 1 fully saturated rings. The van der Waals surface area contributed by atoms with Gasteiger partial charge in [-0.2, -0.15) is 0 Å². The van der Waals surface area contributed by atoms with Gasteiger partial charge >= 0.3 is 0 Å². The Labute approximate surface area is 59.4 Å². The monoisotopic (exact) mass is 144 g/mol. The van der Waals surface area contributed by atoms with Gasteiger partial charge in [-0.1, -0.05) is 0 Å². The molecule has 2 atom stereocenters. The molecule has 10 heavy (non-hydrogen) atoms. The first kappa shape index (κ1) is 7.50. The van der Waals surface area contributed by atoms with E-state index in [9.17, 15) is 4.79 Å². The van der Waals surface area contributed by atoms with Gasteiger partial charge in [-0.3, -0.25) is 4.79 Å². The van der Waals surface area contributed by atoms with Crippen LogP contribution in [0.5, 0.6) is 0 Å². The number of rotatable bonds is 1. The molecule has 4 nitrogen and oxygen atoms in total. The zero-order chi connectivity index (χ0) is 7.56. The van der Waals surface area contributed by atoms with Crippen molar-refractivity contribution < 1.29 is 9.90 Å². The van der Waals surface area contributed by atoms with Crippen molar-refractivity contribution in [3.63, 3.8) is 0 Å². The molecule has 0 bridgehead atoms. The first-order valence-corrected chi connectivity index (χ1v) is 3.38. The van der Waals surface area contributed by atoms with Crippen molar-refractivity contribution in [2.24, 2.45) is 5.73 Å². The number of nitrogens with one attached hydrogen (secondary N) is 1. The largest absolute Gasteiger partial charge is 0.394 e. The Balaban J connectivity index is 2.42. The zero-order valence-electron chi connectivity index (χ0n) is 5.71. The molecular formula is C6H12N2O2. The Morgan fingerprint density at radius 1 is 1.80 bits per heavy atom. The Hall–Kier alpha value is -0.610. The average Bonchev–Trinajstić information content (AvgIpc) is 1.85. The molecule has 4 N–H and O–H groups in total. The van der Waals surface area contributed by atoms with E-state index in [0.29, 0.717) is 12.8 Å². The molecule has 58 valence electrons. The van der Waals surface area contributed by atoms with Crippen LogP contribution in [-0.4, -0.2) is 29.7 Å².